The molecule has 0 bridgehead atoms. The second-order valence-electron chi connectivity index (χ2n) is 5.76. The van der Waals surface area contributed by atoms with Crippen LogP contribution in [0.25, 0.3) is 10.8 Å². The van der Waals surface area contributed by atoms with Crippen molar-refractivity contribution in [3.8, 4) is 5.75 Å². The van der Waals surface area contributed by atoms with E-state index >= 15 is 0 Å². The first-order valence-electron chi connectivity index (χ1n) is 8.14. The van der Waals surface area contributed by atoms with Gasteiger partial charge in [-0.1, -0.05) is 69.0 Å². The Morgan fingerprint density at radius 3 is 2.52 bits per heavy atom. The lowest BCUT2D eigenvalue weighted by Crippen LogP contribution is -2.09. The Bertz CT molecular complexity index is 562. The van der Waals surface area contributed by atoms with Crippen molar-refractivity contribution in [1.29, 1.82) is 0 Å². The fourth-order valence-corrected chi connectivity index (χ4v) is 2.66. The predicted molar refractivity (Wildman–Crippen MR) is 90.8 cm³/mol. The van der Waals surface area contributed by atoms with E-state index < -0.39 is 0 Å². The minimum Gasteiger partial charge on any atom is -0.493 e. The van der Waals surface area contributed by atoms with Crippen molar-refractivity contribution in [3.05, 3.63) is 42.0 Å². The summed E-state index contributed by atoms with van der Waals surface area (Å²) in [6.07, 6.45) is 6.25. The van der Waals surface area contributed by atoms with Crippen LogP contribution in [0, 0.1) is 0 Å². The number of ether oxygens (including phenoxy) is 1. The summed E-state index contributed by atoms with van der Waals surface area (Å²) >= 11 is 0. The topological polar surface area (TPSA) is 35.2 Å². The molecule has 2 heteroatoms. The molecule has 2 N–H and O–H groups in total. The molecule has 1 unspecified atom stereocenters. The summed E-state index contributed by atoms with van der Waals surface area (Å²) in [6, 6.07) is 12.6. The first-order chi connectivity index (χ1) is 10.2. The molecule has 0 saturated carbocycles. The third-order valence-corrected chi connectivity index (χ3v) is 3.89. The molecule has 2 rings (SSSR count). The summed E-state index contributed by atoms with van der Waals surface area (Å²) in [4.78, 5) is 0. The van der Waals surface area contributed by atoms with E-state index in [1.807, 2.05) is 6.92 Å². The third-order valence-electron chi connectivity index (χ3n) is 3.89. The van der Waals surface area contributed by atoms with E-state index in [0.717, 1.165) is 24.3 Å². The third kappa shape index (κ3) is 4.21. The van der Waals surface area contributed by atoms with Crippen LogP contribution in [0.15, 0.2) is 36.4 Å². The van der Waals surface area contributed by atoms with Crippen LogP contribution in [0.3, 0.4) is 0 Å². The molecule has 21 heavy (non-hydrogen) atoms. The predicted octanol–water partition coefficient (Wildman–Crippen LogP) is 5.21. The summed E-state index contributed by atoms with van der Waals surface area (Å²) in [6.45, 7) is 5.02. The molecule has 0 aliphatic carbocycles. The first kappa shape index (κ1) is 15.8. The molecule has 2 aromatic rings. The molecule has 0 fully saturated rings. The van der Waals surface area contributed by atoms with Gasteiger partial charge in [0.15, 0.2) is 0 Å². The van der Waals surface area contributed by atoms with Crippen LogP contribution in [0.5, 0.6) is 5.75 Å². The average Bonchev–Trinajstić information content (AvgIpc) is 2.50. The highest BCUT2D eigenvalue weighted by atomic mass is 16.5. The molecular weight excluding hydrogens is 258 g/mol. The van der Waals surface area contributed by atoms with Gasteiger partial charge < -0.3 is 10.5 Å². The highest BCUT2D eigenvalue weighted by Gasteiger charge is 2.11. The lowest BCUT2D eigenvalue weighted by molar-refractivity contribution is 0.304. The van der Waals surface area contributed by atoms with Crippen LogP contribution >= 0.6 is 0 Å². The minimum atomic E-state index is -0.00954. The van der Waals surface area contributed by atoms with Gasteiger partial charge in [0.05, 0.1) is 6.61 Å². The molecule has 2 nitrogen and oxygen atoms in total. The number of fused-ring (bicyclic) bond motifs is 1. The Morgan fingerprint density at radius 2 is 1.76 bits per heavy atom. The van der Waals surface area contributed by atoms with Crippen molar-refractivity contribution >= 4 is 10.8 Å². The number of nitrogens with two attached hydrogens (primary N) is 1. The highest BCUT2D eigenvalue weighted by Crippen LogP contribution is 2.33. The number of unbranched alkanes of at least 4 members (excludes halogenated alkanes) is 4. The highest BCUT2D eigenvalue weighted by molar-refractivity contribution is 5.89. The normalized spacial score (nSPS) is 12.5. The van der Waals surface area contributed by atoms with Gasteiger partial charge >= 0.3 is 0 Å². The first-order valence-corrected chi connectivity index (χ1v) is 8.14. The summed E-state index contributed by atoms with van der Waals surface area (Å²) in [5.41, 5.74) is 7.19. The molecule has 0 radical (unpaired) electrons. The molecule has 114 valence electrons. The quantitative estimate of drug-likeness (QED) is 0.676. The molecule has 0 aliphatic heterocycles. The Kier molecular flexibility index (Phi) is 6.06. The van der Waals surface area contributed by atoms with Gasteiger partial charge in [-0.05, 0) is 18.7 Å². The van der Waals surface area contributed by atoms with Gasteiger partial charge in [-0.25, -0.2) is 0 Å². The summed E-state index contributed by atoms with van der Waals surface area (Å²) in [5, 5.41) is 2.38. The van der Waals surface area contributed by atoms with Crippen molar-refractivity contribution < 1.29 is 4.74 Å². The average molecular weight is 285 g/mol. The van der Waals surface area contributed by atoms with E-state index in [9.17, 15) is 0 Å². The lowest BCUT2D eigenvalue weighted by atomic mass is 10.0. The van der Waals surface area contributed by atoms with Crippen LogP contribution in [0.1, 0.15) is 57.6 Å². The smallest absolute Gasteiger partial charge is 0.131 e. The monoisotopic (exact) mass is 285 g/mol. The van der Waals surface area contributed by atoms with Crippen molar-refractivity contribution in [2.45, 2.75) is 52.0 Å². The summed E-state index contributed by atoms with van der Waals surface area (Å²) in [5.74, 6) is 0.971. The zero-order valence-corrected chi connectivity index (χ0v) is 13.3. The van der Waals surface area contributed by atoms with Crippen LogP contribution in [-0.4, -0.2) is 6.61 Å². The molecular formula is C19H27NO. The molecule has 0 spiro atoms. The van der Waals surface area contributed by atoms with E-state index in [1.165, 1.54) is 36.5 Å². The van der Waals surface area contributed by atoms with Crippen LogP contribution in [0.4, 0.5) is 0 Å². The fourth-order valence-electron chi connectivity index (χ4n) is 2.66. The van der Waals surface area contributed by atoms with E-state index in [2.05, 4.69) is 43.3 Å². The molecule has 1 atom stereocenters. The number of hydrogen-bond acceptors (Lipinski definition) is 2. The maximum Gasteiger partial charge on any atom is 0.131 e. The standard InChI is InChI=1S/C19H27NO/c1-3-4-5-6-9-14-21-19-17(15(2)20)13-12-16-10-7-8-11-18(16)19/h7-8,10-13,15H,3-6,9,14,20H2,1-2H3. The number of benzene rings is 2. The lowest BCUT2D eigenvalue weighted by Gasteiger charge is -2.16. The molecule has 0 heterocycles. The van der Waals surface area contributed by atoms with Crippen LogP contribution in [-0.2, 0) is 0 Å². The van der Waals surface area contributed by atoms with Gasteiger partial charge in [0.25, 0.3) is 0 Å². The van der Waals surface area contributed by atoms with Crippen molar-refractivity contribution in [1.82, 2.24) is 0 Å². The maximum absolute atomic E-state index is 6.11. The van der Waals surface area contributed by atoms with Gasteiger partial charge in [-0.2, -0.15) is 0 Å². The Labute approximate surface area is 128 Å². The van der Waals surface area contributed by atoms with Crippen LogP contribution < -0.4 is 10.5 Å². The fraction of sp³-hybridized carbons (Fsp3) is 0.474. The van der Waals surface area contributed by atoms with Crippen LogP contribution in [0.2, 0.25) is 0 Å². The Hall–Kier alpha value is -1.54. The van der Waals surface area contributed by atoms with E-state index in [4.69, 9.17) is 10.5 Å². The van der Waals surface area contributed by atoms with Crippen molar-refractivity contribution in [2.75, 3.05) is 6.61 Å². The van der Waals surface area contributed by atoms with E-state index in [1.54, 1.807) is 0 Å². The second-order valence-corrected chi connectivity index (χ2v) is 5.76. The number of rotatable bonds is 8. The van der Waals surface area contributed by atoms with Gasteiger partial charge in [0, 0.05) is 17.0 Å². The van der Waals surface area contributed by atoms with Gasteiger partial charge in [-0.15, -0.1) is 0 Å². The van der Waals surface area contributed by atoms with E-state index in [-0.39, 0.29) is 6.04 Å². The maximum atomic E-state index is 6.11. The van der Waals surface area contributed by atoms with Gasteiger partial charge in [0.2, 0.25) is 0 Å². The SMILES string of the molecule is CCCCCCCOc1c(C(C)N)ccc2ccccc12. The zero-order valence-electron chi connectivity index (χ0n) is 13.3. The Morgan fingerprint density at radius 1 is 1.00 bits per heavy atom. The largest absolute Gasteiger partial charge is 0.493 e. The van der Waals surface area contributed by atoms with Crippen molar-refractivity contribution in [3.63, 3.8) is 0 Å². The van der Waals surface area contributed by atoms with E-state index in [0.29, 0.717) is 0 Å². The van der Waals surface area contributed by atoms with Gasteiger partial charge in [-0.3, -0.25) is 0 Å². The second kappa shape index (κ2) is 8.04. The summed E-state index contributed by atoms with van der Waals surface area (Å²) < 4.78 is 6.11. The van der Waals surface area contributed by atoms with Gasteiger partial charge in [0.1, 0.15) is 5.75 Å². The molecule has 0 aliphatic rings. The molecule has 0 saturated heterocycles. The molecule has 0 amide bonds. The number of hydrogen-bond donors (Lipinski definition) is 1. The minimum absolute atomic E-state index is 0.00954. The molecule has 0 aromatic heterocycles. The Balaban J connectivity index is 2.10. The molecule has 2 aromatic carbocycles. The van der Waals surface area contributed by atoms with Crippen molar-refractivity contribution in [2.24, 2.45) is 5.73 Å². The summed E-state index contributed by atoms with van der Waals surface area (Å²) in [7, 11) is 0. The zero-order chi connectivity index (χ0) is 15.1.